The summed E-state index contributed by atoms with van der Waals surface area (Å²) >= 11 is 1.51. The molecule has 26 heavy (non-hydrogen) atoms. The summed E-state index contributed by atoms with van der Waals surface area (Å²) in [6.07, 6.45) is 3.97. The van der Waals surface area contributed by atoms with E-state index in [2.05, 4.69) is 47.8 Å². The SMILES string of the molecule is Cc1ccc(SCC(=O)N/N=C\c2ccc3c4c(cccc24)CC3)cc1. The van der Waals surface area contributed by atoms with Gasteiger partial charge in [0.2, 0.25) is 5.91 Å². The van der Waals surface area contributed by atoms with Crippen molar-refractivity contribution in [1.29, 1.82) is 0 Å². The van der Waals surface area contributed by atoms with Gasteiger partial charge in [-0.2, -0.15) is 5.10 Å². The lowest BCUT2D eigenvalue weighted by atomic mass is 10.0. The highest BCUT2D eigenvalue weighted by Crippen LogP contribution is 2.32. The highest BCUT2D eigenvalue weighted by atomic mass is 32.2. The third-order valence-electron chi connectivity index (χ3n) is 4.69. The second-order valence-corrected chi connectivity index (χ2v) is 7.60. The van der Waals surface area contributed by atoms with Crippen molar-refractivity contribution in [3.63, 3.8) is 0 Å². The first-order valence-electron chi connectivity index (χ1n) is 8.75. The van der Waals surface area contributed by atoms with Gasteiger partial charge in [0.05, 0.1) is 12.0 Å². The monoisotopic (exact) mass is 360 g/mol. The van der Waals surface area contributed by atoms with Gasteiger partial charge in [0.15, 0.2) is 0 Å². The summed E-state index contributed by atoms with van der Waals surface area (Å²) < 4.78 is 0. The number of rotatable bonds is 5. The lowest BCUT2D eigenvalue weighted by molar-refractivity contribution is -0.118. The minimum atomic E-state index is -0.0993. The van der Waals surface area contributed by atoms with Crippen molar-refractivity contribution >= 4 is 34.7 Å². The van der Waals surface area contributed by atoms with Crippen LogP contribution in [0.4, 0.5) is 0 Å². The van der Waals surface area contributed by atoms with E-state index >= 15 is 0 Å². The molecular weight excluding hydrogens is 340 g/mol. The summed E-state index contributed by atoms with van der Waals surface area (Å²) in [4.78, 5) is 13.1. The number of amides is 1. The molecular formula is C22H20N2OS. The average Bonchev–Trinajstić information content (AvgIpc) is 3.08. The fourth-order valence-corrected chi connectivity index (χ4v) is 4.06. The molecule has 4 heteroatoms. The molecule has 3 aromatic carbocycles. The molecule has 0 spiro atoms. The van der Waals surface area contributed by atoms with Crippen LogP contribution in [0.3, 0.4) is 0 Å². The Kier molecular flexibility index (Phi) is 4.76. The van der Waals surface area contributed by atoms with Crippen molar-refractivity contribution in [3.8, 4) is 0 Å². The summed E-state index contributed by atoms with van der Waals surface area (Å²) in [5.41, 5.74) is 7.71. The molecule has 130 valence electrons. The van der Waals surface area contributed by atoms with E-state index in [0.717, 1.165) is 23.3 Å². The maximum Gasteiger partial charge on any atom is 0.250 e. The standard InChI is InChI=1S/C22H20N2OS/c1-15-5-11-19(12-6-15)26-14-21(25)24-23-13-18-10-9-17-8-7-16-3-2-4-20(18)22(16)17/h2-6,9-13H,7-8,14H2,1H3,(H,24,25)/b23-13-. The Labute approximate surface area is 157 Å². The molecule has 0 atom stereocenters. The topological polar surface area (TPSA) is 41.5 Å². The minimum absolute atomic E-state index is 0.0993. The molecule has 3 aromatic rings. The Hall–Kier alpha value is -2.59. The highest BCUT2D eigenvalue weighted by molar-refractivity contribution is 8.00. The van der Waals surface area contributed by atoms with Gasteiger partial charge < -0.3 is 0 Å². The maximum atomic E-state index is 12.0. The molecule has 3 nitrogen and oxygen atoms in total. The first-order valence-corrected chi connectivity index (χ1v) is 9.74. The van der Waals surface area contributed by atoms with Gasteiger partial charge in [-0.15, -0.1) is 11.8 Å². The van der Waals surface area contributed by atoms with Gasteiger partial charge >= 0.3 is 0 Å². The van der Waals surface area contributed by atoms with Crippen LogP contribution >= 0.6 is 11.8 Å². The van der Waals surface area contributed by atoms with Gasteiger partial charge in [-0.1, -0.05) is 48.0 Å². The Bertz CT molecular complexity index is 983. The van der Waals surface area contributed by atoms with Crippen LogP contribution in [-0.4, -0.2) is 17.9 Å². The van der Waals surface area contributed by atoms with Crippen LogP contribution in [0.15, 0.2) is 64.6 Å². The average molecular weight is 360 g/mol. The van der Waals surface area contributed by atoms with E-state index in [9.17, 15) is 4.79 Å². The normalized spacial score (nSPS) is 12.8. The van der Waals surface area contributed by atoms with Gasteiger partial charge in [-0.25, -0.2) is 5.43 Å². The molecule has 1 aliphatic rings. The number of carbonyl (C=O) groups excluding carboxylic acids is 1. The van der Waals surface area contributed by atoms with Crippen molar-refractivity contribution < 1.29 is 4.79 Å². The van der Waals surface area contributed by atoms with Gasteiger partial charge in [-0.3, -0.25) is 4.79 Å². The molecule has 1 aliphatic carbocycles. The molecule has 1 amide bonds. The smallest absolute Gasteiger partial charge is 0.250 e. The van der Waals surface area contributed by atoms with Gasteiger partial charge in [-0.05, 0) is 53.8 Å². The number of nitrogens with zero attached hydrogens (tertiary/aromatic N) is 1. The summed E-state index contributed by atoms with van der Waals surface area (Å²) in [5, 5.41) is 6.73. The zero-order chi connectivity index (χ0) is 17.9. The van der Waals surface area contributed by atoms with Crippen LogP contribution in [0.25, 0.3) is 10.8 Å². The van der Waals surface area contributed by atoms with Crippen molar-refractivity contribution in [1.82, 2.24) is 5.43 Å². The van der Waals surface area contributed by atoms with E-state index in [1.165, 1.54) is 39.2 Å². The zero-order valence-corrected chi connectivity index (χ0v) is 15.5. The lowest BCUT2D eigenvalue weighted by Crippen LogP contribution is -2.19. The molecule has 0 saturated heterocycles. The molecule has 1 N–H and O–H groups in total. The van der Waals surface area contributed by atoms with Gasteiger partial charge in [0.1, 0.15) is 0 Å². The summed E-state index contributed by atoms with van der Waals surface area (Å²) in [5.74, 6) is 0.252. The second-order valence-electron chi connectivity index (χ2n) is 6.55. The Morgan fingerprint density at radius 1 is 1.08 bits per heavy atom. The van der Waals surface area contributed by atoms with Crippen LogP contribution < -0.4 is 5.43 Å². The first-order chi connectivity index (χ1) is 12.7. The molecule has 0 radical (unpaired) electrons. The number of hydrazone groups is 1. The summed E-state index contributed by atoms with van der Waals surface area (Å²) in [7, 11) is 0. The number of hydrogen-bond donors (Lipinski definition) is 1. The number of aryl methyl sites for hydroxylation is 3. The van der Waals surface area contributed by atoms with E-state index in [0.29, 0.717) is 5.75 Å². The summed E-state index contributed by atoms with van der Waals surface area (Å²) in [6.45, 7) is 2.05. The Morgan fingerprint density at radius 3 is 2.65 bits per heavy atom. The molecule has 4 rings (SSSR count). The number of nitrogens with one attached hydrogen (secondary N) is 1. The van der Waals surface area contributed by atoms with E-state index in [1.807, 2.05) is 24.3 Å². The molecule has 0 heterocycles. The van der Waals surface area contributed by atoms with Crippen LogP contribution in [0.1, 0.15) is 22.3 Å². The van der Waals surface area contributed by atoms with Gasteiger partial charge in [0.25, 0.3) is 0 Å². The van der Waals surface area contributed by atoms with Crippen LogP contribution in [0.5, 0.6) is 0 Å². The van der Waals surface area contributed by atoms with E-state index in [-0.39, 0.29) is 5.91 Å². The molecule has 0 aliphatic heterocycles. The summed E-state index contributed by atoms with van der Waals surface area (Å²) in [6, 6.07) is 18.8. The Morgan fingerprint density at radius 2 is 1.85 bits per heavy atom. The number of hydrogen-bond acceptors (Lipinski definition) is 3. The molecule has 0 saturated carbocycles. The zero-order valence-electron chi connectivity index (χ0n) is 14.7. The number of carbonyl (C=O) groups is 1. The molecule has 0 fully saturated rings. The third-order valence-corrected chi connectivity index (χ3v) is 5.71. The lowest BCUT2D eigenvalue weighted by Gasteiger charge is -2.05. The molecule has 0 unspecified atom stereocenters. The van der Waals surface area contributed by atoms with E-state index < -0.39 is 0 Å². The fourth-order valence-electron chi connectivity index (χ4n) is 3.37. The van der Waals surface area contributed by atoms with E-state index in [4.69, 9.17) is 0 Å². The second kappa shape index (κ2) is 7.34. The predicted molar refractivity (Wildman–Crippen MR) is 109 cm³/mol. The number of thioether (sulfide) groups is 1. The molecule has 0 aromatic heterocycles. The van der Waals surface area contributed by atoms with Crippen molar-refractivity contribution in [2.45, 2.75) is 24.7 Å². The largest absolute Gasteiger partial charge is 0.272 e. The predicted octanol–water partition coefficient (Wildman–Crippen LogP) is 4.49. The quantitative estimate of drug-likeness (QED) is 0.414. The van der Waals surface area contributed by atoms with E-state index in [1.54, 1.807) is 6.21 Å². The molecule has 0 bridgehead atoms. The van der Waals surface area contributed by atoms with Crippen LogP contribution in [0.2, 0.25) is 0 Å². The maximum absolute atomic E-state index is 12.0. The van der Waals surface area contributed by atoms with Crippen LogP contribution in [0, 0.1) is 6.92 Å². The Balaban J connectivity index is 1.40. The fraction of sp³-hybridized carbons (Fsp3) is 0.182. The highest BCUT2D eigenvalue weighted by Gasteiger charge is 2.14. The van der Waals surface area contributed by atoms with Crippen molar-refractivity contribution in [2.75, 3.05) is 5.75 Å². The first kappa shape index (κ1) is 16.9. The van der Waals surface area contributed by atoms with Crippen molar-refractivity contribution in [3.05, 3.63) is 76.9 Å². The third kappa shape index (κ3) is 3.51. The number of benzene rings is 3. The minimum Gasteiger partial charge on any atom is -0.272 e. The van der Waals surface area contributed by atoms with Crippen LogP contribution in [-0.2, 0) is 17.6 Å². The van der Waals surface area contributed by atoms with Gasteiger partial charge in [0, 0.05) is 10.5 Å². The van der Waals surface area contributed by atoms with Crippen molar-refractivity contribution in [2.24, 2.45) is 5.10 Å².